The quantitative estimate of drug-likeness (QED) is 0.447. The number of thioether (sulfide) groups is 1. The summed E-state index contributed by atoms with van der Waals surface area (Å²) in [5.74, 6) is -1.02. The smallest absolute Gasteiger partial charge is 0.326 e. The van der Waals surface area contributed by atoms with Gasteiger partial charge in [0, 0.05) is 5.56 Å². The molecule has 2 aromatic carbocycles. The van der Waals surface area contributed by atoms with Crippen molar-refractivity contribution < 1.29 is 24.2 Å². The summed E-state index contributed by atoms with van der Waals surface area (Å²) in [4.78, 5) is 37.1. The number of carbonyl (C=O) groups excluding carboxylic acids is 2. The molecule has 2 rings (SSSR count). The van der Waals surface area contributed by atoms with E-state index in [-0.39, 0.29) is 18.2 Å². The summed E-state index contributed by atoms with van der Waals surface area (Å²) in [5.41, 5.74) is 0.978. The molecule has 0 radical (unpaired) electrons. The van der Waals surface area contributed by atoms with Gasteiger partial charge in [0.25, 0.3) is 11.8 Å². The maximum Gasteiger partial charge on any atom is 0.326 e. The number of carbonyl (C=O) groups is 3. The number of hydrogen-bond acceptors (Lipinski definition) is 5. The molecule has 32 heavy (non-hydrogen) atoms. The highest BCUT2D eigenvalue weighted by Crippen LogP contribution is 2.16. The van der Waals surface area contributed by atoms with Gasteiger partial charge in [0.2, 0.25) is 0 Å². The number of aliphatic carboxylic acids is 1. The Morgan fingerprint density at radius 2 is 1.72 bits per heavy atom. The first-order valence-corrected chi connectivity index (χ1v) is 11.6. The molecular weight excluding hydrogens is 428 g/mol. The second-order valence-corrected chi connectivity index (χ2v) is 8.25. The highest BCUT2D eigenvalue weighted by molar-refractivity contribution is 7.98. The second-order valence-electron chi connectivity index (χ2n) is 7.26. The normalized spacial score (nSPS) is 12.2. The topological polar surface area (TPSA) is 105 Å². The van der Waals surface area contributed by atoms with Crippen molar-refractivity contribution in [3.8, 4) is 5.75 Å². The van der Waals surface area contributed by atoms with E-state index in [2.05, 4.69) is 10.6 Å². The van der Waals surface area contributed by atoms with Crippen LogP contribution in [0.1, 0.15) is 36.2 Å². The van der Waals surface area contributed by atoms with Gasteiger partial charge in [0.05, 0.1) is 6.10 Å². The van der Waals surface area contributed by atoms with Crippen molar-refractivity contribution in [2.75, 3.05) is 12.0 Å². The lowest BCUT2D eigenvalue weighted by molar-refractivity contribution is -0.141. The predicted molar refractivity (Wildman–Crippen MR) is 127 cm³/mol. The number of nitrogens with one attached hydrogen (secondary N) is 2. The number of benzene rings is 2. The van der Waals surface area contributed by atoms with E-state index in [1.807, 2.05) is 20.1 Å². The number of carboxylic acid groups (broad SMARTS) is 1. The Labute approximate surface area is 192 Å². The van der Waals surface area contributed by atoms with E-state index in [1.54, 1.807) is 54.6 Å². The van der Waals surface area contributed by atoms with Crippen LogP contribution >= 0.6 is 11.8 Å². The molecule has 0 saturated heterocycles. The third-order valence-corrected chi connectivity index (χ3v) is 4.95. The van der Waals surface area contributed by atoms with Crippen LogP contribution in [0.5, 0.6) is 5.75 Å². The number of carboxylic acids is 1. The number of hydrogen-bond donors (Lipinski definition) is 3. The minimum Gasteiger partial charge on any atom is -0.491 e. The third-order valence-electron chi connectivity index (χ3n) is 4.31. The lowest BCUT2D eigenvalue weighted by Gasteiger charge is -2.16. The molecule has 0 saturated carbocycles. The molecule has 0 aliphatic carbocycles. The molecule has 170 valence electrons. The summed E-state index contributed by atoms with van der Waals surface area (Å²) in [6.45, 7) is 3.84. The van der Waals surface area contributed by atoms with E-state index < -0.39 is 23.8 Å². The summed E-state index contributed by atoms with van der Waals surface area (Å²) in [7, 11) is 0. The van der Waals surface area contributed by atoms with Gasteiger partial charge in [0.1, 0.15) is 17.5 Å². The highest BCUT2D eigenvalue weighted by Gasteiger charge is 2.22. The molecule has 0 heterocycles. The first-order valence-electron chi connectivity index (χ1n) is 10.2. The van der Waals surface area contributed by atoms with Crippen LogP contribution in [0.4, 0.5) is 0 Å². The molecule has 2 amide bonds. The van der Waals surface area contributed by atoms with E-state index in [9.17, 15) is 19.5 Å². The number of amides is 2. The van der Waals surface area contributed by atoms with Crippen LogP contribution in [0.2, 0.25) is 0 Å². The van der Waals surface area contributed by atoms with Crippen molar-refractivity contribution in [1.29, 1.82) is 0 Å². The molecule has 0 bridgehead atoms. The first kappa shape index (κ1) is 25.0. The molecule has 2 aromatic rings. The highest BCUT2D eigenvalue weighted by atomic mass is 32.2. The maximum atomic E-state index is 12.9. The summed E-state index contributed by atoms with van der Waals surface area (Å²) in [5, 5.41) is 14.6. The van der Waals surface area contributed by atoms with Crippen LogP contribution in [0.15, 0.2) is 60.3 Å². The van der Waals surface area contributed by atoms with Crippen LogP contribution < -0.4 is 15.4 Å². The SMILES string of the molecule is CSCC[C@@H](NC(=O)/C(=C\c1ccc(OC(C)C)cc1)NC(=O)c1ccccc1)C(=O)O. The van der Waals surface area contributed by atoms with Crippen molar-refractivity contribution in [2.45, 2.75) is 32.4 Å². The molecule has 0 spiro atoms. The van der Waals surface area contributed by atoms with Gasteiger partial charge in [-0.2, -0.15) is 11.8 Å². The van der Waals surface area contributed by atoms with Crippen LogP contribution in [-0.4, -0.2) is 47.0 Å². The van der Waals surface area contributed by atoms with Crippen LogP contribution in [-0.2, 0) is 9.59 Å². The molecule has 1 atom stereocenters. The van der Waals surface area contributed by atoms with Gasteiger partial charge in [-0.3, -0.25) is 9.59 Å². The van der Waals surface area contributed by atoms with Crippen molar-refractivity contribution in [3.05, 3.63) is 71.4 Å². The van der Waals surface area contributed by atoms with Crippen LogP contribution in [0.25, 0.3) is 6.08 Å². The maximum absolute atomic E-state index is 12.9. The fourth-order valence-corrected chi connectivity index (χ4v) is 3.22. The van der Waals surface area contributed by atoms with Gasteiger partial charge in [0.15, 0.2) is 0 Å². The summed E-state index contributed by atoms with van der Waals surface area (Å²) in [6.07, 6.45) is 3.66. The zero-order valence-electron chi connectivity index (χ0n) is 18.3. The third kappa shape index (κ3) is 8.11. The average molecular weight is 457 g/mol. The van der Waals surface area contributed by atoms with Gasteiger partial charge < -0.3 is 20.5 Å². The van der Waals surface area contributed by atoms with E-state index >= 15 is 0 Å². The van der Waals surface area contributed by atoms with E-state index in [0.29, 0.717) is 22.6 Å². The predicted octanol–water partition coefficient (Wildman–Crippen LogP) is 3.57. The Hall–Kier alpha value is -3.26. The van der Waals surface area contributed by atoms with Crippen LogP contribution in [0.3, 0.4) is 0 Å². The zero-order valence-corrected chi connectivity index (χ0v) is 19.1. The monoisotopic (exact) mass is 456 g/mol. The Bertz CT molecular complexity index is 943. The van der Waals surface area contributed by atoms with Crippen molar-refractivity contribution in [3.63, 3.8) is 0 Å². The fraction of sp³-hybridized carbons (Fsp3) is 0.292. The molecule has 0 unspecified atom stereocenters. The molecule has 0 fully saturated rings. The molecule has 7 nitrogen and oxygen atoms in total. The number of rotatable bonds is 11. The molecule has 0 aliphatic rings. The Balaban J connectivity index is 2.29. The molecular formula is C24H28N2O5S. The molecule has 0 aromatic heterocycles. The van der Waals surface area contributed by atoms with Crippen molar-refractivity contribution in [2.24, 2.45) is 0 Å². The fourth-order valence-electron chi connectivity index (χ4n) is 2.75. The zero-order chi connectivity index (χ0) is 23.5. The van der Waals surface area contributed by atoms with Gasteiger partial charge in [-0.25, -0.2) is 4.79 Å². The Kier molecular flexibility index (Phi) is 9.81. The largest absolute Gasteiger partial charge is 0.491 e. The Morgan fingerprint density at radius 1 is 1.06 bits per heavy atom. The first-order chi connectivity index (χ1) is 15.3. The summed E-state index contributed by atoms with van der Waals surface area (Å²) < 4.78 is 5.62. The minimum absolute atomic E-state index is 0.0251. The molecule has 8 heteroatoms. The Morgan fingerprint density at radius 3 is 2.28 bits per heavy atom. The number of ether oxygens (including phenoxy) is 1. The average Bonchev–Trinajstić information content (AvgIpc) is 2.77. The summed E-state index contributed by atoms with van der Waals surface area (Å²) in [6, 6.07) is 14.4. The van der Waals surface area contributed by atoms with Gasteiger partial charge >= 0.3 is 5.97 Å². The minimum atomic E-state index is -1.13. The van der Waals surface area contributed by atoms with E-state index in [1.165, 1.54) is 17.8 Å². The second kappa shape index (κ2) is 12.6. The molecule has 3 N–H and O–H groups in total. The lowest BCUT2D eigenvalue weighted by Crippen LogP contribution is -2.44. The van der Waals surface area contributed by atoms with Gasteiger partial charge in [-0.15, -0.1) is 0 Å². The van der Waals surface area contributed by atoms with Gasteiger partial charge in [-0.05, 0) is 68.2 Å². The van der Waals surface area contributed by atoms with Crippen LogP contribution in [0, 0.1) is 0 Å². The lowest BCUT2D eigenvalue weighted by atomic mass is 10.1. The van der Waals surface area contributed by atoms with E-state index in [4.69, 9.17) is 4.74 Å². The van der Waals surface area contributed by atoms with Gasteiger partial charge in [-0.1, -0.05) is 30.3 Å². The van der Waals surface area contributed by atoms with Crippen molar-refractivity contribution in [1.82, 2.24) is 10.6 Å². The van der Waals surface area contributed by atoms with E-state index in [0.717, 1.165) is 0 Å². The van der Waals surface area contributed by atoms with Crippen molar-refractivity contribution >= 4 is 35.6 Å². The molecule has 0 aliphatic heterocycles. The standard InChI is InChI=1S/C24H28N2O5S/c1-16(2)31-19-11-9-17(10-12-19)15-21(26-22(27)18-7-5-4-6-8-18)23(28)25-20(24(29)30)13-14-32-3/h4-12,15-16,20H,13-14H2,1-3H3,(H,25,28)(H,26,27)(H,29,30)/b21-15+/t20-/m1/s1. The summed E-state index contributed by atoms with van der Waals surface area (Å²) >= 11 is 1.49.